The molecule has 0 aliphatic rings. The van der Waals surface area contributed by atoms with Gasteiger partial charge in [0, 0.05) is 17.7 Å². The predicted molar refractivity (Wildman–Crippen MR) is 125 cm³/mol. The van der Waals surface area contributed by atoms with E-state index >= 15 is 0 Å². The SMILES string of the molecule is CCc1ccc(-c2c(C#N)c(N)nc(SCC(=O)c3c([O-])on[n+]3-c3ccccc3)c2C#N)cc1. The number of pyridine rings is 1. The normalized spacial score (nSPS) is 10.5. The Labute approximate surface area is 205 Å². The van der Waals surface area contributed by atoms with E-state index < -0.39 is 11.7 Å². The Hall–Kier alpha value is -4.67. The molecule has 2 N–H and O–H groups in total. The highest BCUT2D eigenvalue weighted by Gasteiger charge is 2.28. The average molecular weight is 483 g/mol. The molecular formula is C25H18N6O3S. The van der Waals surface area contributed by atoms with E-state index in [4.69, 9.17) is 10.3 Å². The molecule has 0 unspecified atom stereocenters. The van der Waals surface area contributed by atoms with Crippen LogP contribution >= 0.6 is 11.8 Å². The zero-order chi connectivity index (χ0) is 24.9. The van der Waals surface area contributed by atoms with E-state index in [1.165, 1.54) is 0 Å². The van der Waals surface area contributed by atoms with Crippen LogP contribution in [0.5, 0.6) is 5.95 Å². The Morgan fingerprint density at radius 3 is 2.43 bits per heavy atom. The minimum Gasteiger partial charge on any atom is -0.539 e. The number of rotatable bonds is 7. The van der Waals surface area contributed by atoms with Gasteiger partial charge in [-0.05, 0) is 22.2 Å². The number of hydrogen-bond donors (Lipinski definition) is 1. The number of para-hydroxylation sites is 1. The van der Waals surface area contributed by atoms with Crippen molar-refractivity contribution < 1.29 is 19.1 Å². The van der Waals surface area contributed by atoms with Gasteiger partial charge in [0.25, 0.3) is 0 Å². The number of benzene rings is 2. The molecule has 35 heavy (non-hydrogen) atoms. The van der Waals surface area contributed by atoms with E-state index in [0.29, 0.717) is 16.8 Å². The van der Waals surface area contributed by atoms with Crippen LogP contribution in [0.2, 0.25) is 0 Å². The highest BCUT2D eigenvalue weighted by Crippen LogP contribution is 2.36. The molecule has 2 aromatic carbocycles. The monoisotopic (exact) mass is 482 g/mol. The number of carbonyl (C=O) groups is 1. The molecule has 0 atom stereocenters. The van der Waals surface area contributed by atoms with Gasteiger partial charge in [-0.1, -0.05) is 61.2 Å². The topological polar surface area (TPSA) is 157 Å². The van der Waals surface area contributed by atoms with E-state index in [1.807, 2.05) is 37.3 Å². The Balaban J connectivity index is 1.70. The van der Waals surface area contributed by atoms with Crippen LogP contribution < -0.4 is 15.5 Å². The van der Waals surface area contributed by atoms with E-state index in [-0.39, 0.29) is 33.4 Å². The van der Waals surface area contributed by atoms with Gasteiger partial charge in [-0.25, -0.2) is 4.98 Å². The summed E-state index contributed by atoms with van der Waals surface area (Å²) in [6, 6.07) is 20.2. The van der Waals surface area contributed by atoms with Gasteiger partial charge in [-0.2, -0.15) is 10.5 Å². The number of anilines is 1. The maximum absolute atomic E-state index is 13.0. The highest BCUT2D eigenvalue weighted by atomic mass is 32.2. The average Bonchev–Trinajstić information content (AvgIpc) is 3.28. The molecule has 4 rings (SSSR count). The lowest BCUT2D eigenvalue weighted by Crippen LogP contribution is -2.39. The Morgan fingerprint density at radius 1 is 1.11 bits per heavy atom. The van der Waals surface area contributed by atoms with Crippen LogP contribution in [0.3, 0.4) is 0 Å². The first-order chi connectivity index (χ1) is 17.0. The van der Waals surface area contributed by atoms with Crippen molar-refractivity contribution in [2.75, 3.05) is 11.5 Å². The Bertz CT molecular complexity index is 1490. The van der Waals surface area contributed by atoms with Crippen molar-refractivity contribution in [2.45, 2.75) is 18.4 Å². The van der Waals surface area contributed by atoms with Crippen molar-refractivity contribution in [1.29, 1.82) is 10.5 Å². The highest BCUT2D eigenvalue weighted by molar-refractivity contribution is 8.00. The number of aryl methyl sites for hydroxylation is 1. The maximum Gasteiger partial charge on any atom is 0.307 e. The molecule has 2 heterocycles. The molecule has 0 radical (unpaired) electrons. The van der Waals surface area contributed by atoms with E-state index in [9.17, 15) is 20.4 Å². The summed E-state index contributed by atoms with van der Waals surface area (Å²) >= 11 is 0.946. The first kappa shape index (κ1) is 23.5. The zero-order valence-corrected chi connectivity index (χ0v) is 19.4. The summed E-state index contributed by atoms with van der Waals surface area (Å²) in [4.78, 5) is 17.2. The summed E-state index contributed by atoms with van der Waals surface area (Å²) in [6.07, 6.45) is 0.839. The van der Waals surface area contributed by atoms with Gasteiger partial charge in [0.2, 0.25) is 11.5 Å². The van der Waals surface area contributed by atoms with Gasteiger partial charge in [0.05, 0.1) is 16.6 Å². The molecule has 9 nitrogen and oxygen atoms in total. The van der Waals surface area contributed by atoms with Crippen LogP contribution in [0, 0.1) is 22.7 Å². The van der Waals surface area contributed by atoms with Gasteiger partial charge in [0.1, 0.15) is 28.5 Å². The molecule has 0 amide bonds. The summed E-state index contributed by atoms with van der Waals surface area (Å²) < 4.78 is 5.85. The molecule has 0 spiro atoms. The number of thioether (sulfide) groups is 1. The molecule has 0 saturated heterocycles. The first-order valence-electron chi connectivity index (χ1n) is 10.5. The fourth-order valence-electron chi connectivity index (χ4n) is 3.53. The second-order valence-electron chi connectivity index (χ2n) is 7.37. The largest absolute Gasteiger partial charge is 0.539 e. The minimum atomic E-state index is -0.871. The molecule has 4 aromatic rings. The summed E-state index contributed by atoms with van der Waals surface area (Å²) in [6.45, 7) is 2.02. The van der Waals surface area contributed by atoms with E-state index in [1.54, 1.807) is 30.3 Å². The third-order valence-corrected chi connectivity index (χ3v) is 6.26. The lowest BCUT2D eigenvalue weighted by molar-refractivity contribution is -0.672. The van der Waals surface area contributed by atoms with Gasteiger partial charge in [-0.3, -0.25) is 4.79 Å². The van der Waals surface area contributed by atoms with Crippen molar-refractivity contribution in [3.8, 4) is 34.9 Å². The van der Waals surface area contributed by atoms with Crippen molar-refractivity contribution in [3.05, 3.63) is 77.0 Å². The predicted octanol–water partition coefficient (Wildman–Crippen LogP) is 2.95. The number of hydrogen-bond acceptors (Lipinski definition) is 9. The third-order valence-electron chi connectivity index (χ3n) is 5.28. The maximum atomic E-state index is 13.0. The van der Waals surface area contributed by atoms with Gasteiger partial charge < -0.3 is 15.4 Å². The van der Waals surface area contributed by atoms with Crippen LogP contribution in [-0.2, 0) is 6.42 Å². The lowest BCUT2D eigenvalue weighted by Gasteiger charge is -2.13. The number of nitrogens with two attached hydrogens (primary N) is 1. The molecule has 0 saturated carbocycles. The molecule has 0 aliphatic carbocycles. The van der Waals surface area contributed by atoms with Crippen LogP contribution in [0.15, 0.2) is 64.1 Å². The quantitative estimate of drug-likeness (QED) is 0.237. The lowest BCUT2D eigenvalue weighted by atomic mass is 9.96. The zero-order valence-electron chi connectivity index (χ0n) is 18.6. The number of nitriles is 2. The van der Waals surface area contributed by atoms with Gasteiger partial charge >= 0.3 is 5.69 Å². The van der Waals surface area contributed by atoms with Crippen LogP contribution in [-0.4, -0.2) is 21.8 Å². The molecule has 2 aromatic heterocycles. The number of aromatic nitrogens is 3. The van der Waals surface area contributed by atoms with Gasteiger partial charge in [-0.15, -0.1) is 0 Å². The smallest absolute Gasteiger partial charge is 0.307 e. The third kappa shape index (κ3) is 4.56. The number of nitrogen functional groups attached to an aromatic ring is 1. The summed E-state index contributed by atoms with van der Waals surface area (Å²) in [5.41, 5.74) is 8.60. The minimum absolute atomic E-state index is 0.0511. The molecular weight excluding hydrogens is 464 g/mol. The van der Waals surface area contributed by atoms with Gasteiger partial charge in [0.15, 0.2) is 5.95 Å². The summed E-state index contributed by atoms with van der Waals surface area (Å²) in [5, 5.41) is 35.7. The Morgan fingerprint density at radius 2 is 1.80 bits per heavy atom. The summed E-state index contributed by atoms with van der Waals surface area (Å²) in [7, 11) is 0. The molecule has 0 aliphatic heterocycles. The number of ketones is 1. The second kappa shape index (κ2) is 10.1. The van der Waals surface area contributed by atoms with Crippen LogP contribution in [0.25, 0.3) is 16.8 Å². The molecule has 172 valence electrons. The number of carbonyl (C=O) groups excluding carboxylic acids is 1. The fourth-order valence-corrected chi connectivity index (χ4v) is 4.39. The van der Waals surface area contributed by atoms with Crippen molar-refractivity contribution in [1.82, 2.24) is 10.3 Å². The van der Waals surface area contributed by atoms with Crippen LogP contribution in [0.4, 0.5) is 5.82 Å². The fraction of sp³-hybridized carbons (Fsp3) is 0.120. The molecule has 0 bridgehead atoms. The number of Topliss-reactive ketones (excluding diaryl/α,β-unsaturated/α-hetero) is 1. The molecule has 10 heteroatoms. The number of nitrogens with zero attached hydrogens (tertiary/aromatic N) is 5. The van der Waals surface area contributed by atoms with Crippen LogP contribution in [0.1, 0.15) is 34.1 Å². The van der Waals surface area contributed by atoms with Crippen molar-refractivity contribution in [2.24, 2.45) is 0 Å². The first-order valence-corrected chi connectivity index (χ1v) is 11.5. The van der Waals surface area contributed by atoms with E-state index in [2.05, 4.69) is 16.3 Å². The molecule has 0 fully saturated rings. The summed E-state index contributed by atoms with van der Waals surface area (Å²) in [5.74, 6) is -1.72. The standard InChI is InChI=1S/C25H18N6O3S/c1-2-15-8-10-16(11-9-15)21-18(12-26)23(28)29-24(19(21)13-27)35-14-20(32)22-25(33)34-30-31(22)17-6-4-3-5-7-17/h3-11H,2,14H2,1H3,(H2-,28,29,30,32,33). The van der Waals surface area contributed by atoms with Crippen molar-refractivity contribution >= 4 is 23.4 Å². The Kier molecular flexibility index (Phi) is 6.76. The van der Waals surface area contributed by atoms with E-state index in [0.717, 1.165) is 28.4 Å². The van der Waals surface area contributed by atoms with Crippen molar-refractivity contribution in [3.63, 3.8) is 0 Å². The second-order valence-corrected chi connectivity index (χ2v) is 8.33.